The Kier molecular flexibility index (Phi) is 8.19. The summed E-state index contributed by atoms with van der Waals surface area (Å²) in [6.45, 7) is 2.82. The Morgan fingerprint density at radius 1 is 1.14 bits per heavy atom. The Bertz CT molecular complexity index is 798. The number of hydrogen-bond donors (Lipinski definition) is 1. The molecule has 0 saturated heterocycles. The van der Waals surface area contributed by atoms with Gasteiger partial charge in [0.2, 0.25) is 0 Å². The van der Waals surface area contributed by atoms with Gasteiger partial charge in [0.1, 0.15) is 23.4 Å². The number of ether oxygens (including phenoxy) is 2. The van der Waals surface area contributed by atoms with Gasteiger partial charge in [-0.3, -0.25) is 0 Å². The van der Waals surface area contributed by atoms with Gasteiger partial charge in [0.05, 0.1) is 7.11 Å². The quantitative estimate of drug-likeness (QED) is 0.428. The van der Waals surface area contributed by atoms with Gasteiger partial charge in [-0.15, -0.1) is 0 Å². The number of unbranched alkanes of at least 4 members (excludes halogenated alkanes) is 4. The second kappa shape index (κ2) is 10.8. The highest BCUT2D eigenvalue weighted by Gasteiger charge is 2.28. The second-order valence-corrected chi connectivity index (χ2v) is 8.16. The van der Waals surface area contributed by atoms with Crippen LogP contribution in [0, 0.1) is 5.82 Å². The molecule has 0 aliphatic carbocycles. The van der Waals surface area contributed by atoms with Crippen LogP contribution in [0.1, 0.15) is 69.0 Å². The molecule has 1 aliphatic heterocycles. The van der Waals surface area contributed by atoms with Crippen LogP contribution in [-0.2, 0) is 6.54 Å². The third-order valence-corrected chi connectivity index (χ3v) is 5.92. The highest BCUT2D eigenvalue weighted by molar-refractivity contribution is 6.31. The molecule has 1 N–H and O–H groups in total. The molecule has 0 spiro atoms. The molecule has 29 heavy (non-hydrogen) atoms. The van der Waals surface area contributed by atoms with Crippen molar-refractivity contribution in [2.45, 2.75) is 70.6 Å². The van der Waals surface area contributed by atoms with E-state index in [1.54, 1.807) is 13.2 Å². The molecule has 5 heteroatoms. The highest BCUT2D eigenvalue weighted by Crippen LogP contribution is 2.38. The van der Waals surface area contributed by atoms with Gasteiger partial charge < -0.3 is 14.8 Å². The molecule has 0 bridgehead atoms. The number of benzene rings is 2. The summed E-state index contributed by atoms with van der Waals surface area (Å²) >= 11 is 6.20. The molecule has 0 saturated carbocycles. The van der Waals surface area contributed by atoms with Crippen molar-refractivity contribution in [2.75, 3.05) is 7.11 Å². The minimum absolute atomic E-state index is 0.159. The first-order valence-corrected chi connectivity index (χ1v) is 11.0. The van der Waals surface area contributed by atoms with E-state index < -0.39 is 0 Å². The predicted octanol–water partition coefficient (Wildman–Crippen LogP) is 6.83. The maximum absolute atomic E-state index is 13.3. The van der Waals surface area contributed by atoms with Crippen LogP contribution >= 0.6 is 11.6 Å². The molecule has 0 fully saturated rings. The Morgan fingerprint density at radius 2 is 1.97 bits per heavy atom. The smallest absolute Gasteiger partial charge is 0.128 e. The molecule has 2 aromatic carbocycles. The molecule has 2 atom stereocenters. The van der Waals surface area contributed by atoms with E-state index in [1.165, 1.54) is 44.2 Å². The molecule has 158 valence electrons. The molecule has 3 rings (SSSR count). The van der Waals surface area contributed by atoms with E-state index in [0.717, 1.165) is 35.5 Å². The Balaban J connectivity index is 1.68. The van der Waals surface area contributed by atoms with E-state index in [0.29, 0.717) is 11.6 Å². The van der Waals surface area contributed by atoms with Crippen molar-refractivity contribution in [1.29, 1.82) is 0 Å². The van der Waals surface area contributed by atoms with Crippen LogP contribution in [0.5, 0.6) is 11.5 Å². The predicted molar refractivity (Wildman–Crippen MR) is 116 cm³/mol. The fourth-order valence-electron chi connectivity index (χ4n) is 3.89. The molecular formula is C24H31ClFNO2. The normalized spacial score (nSPS) is 18.2. The van der Waals surface area contributed by atoms with Crippen molar-refractivity contribution >= 4 is 11.6 Å². The van der Waals surface area contributed by atoms with Gasteiger partial charge in [0, 0.05) is 35.7 Å². The zero-order chi connectivity index (χ0) is 20.6. The van der Waals surface area contributed by atoms with Crippen LogP contribution < -0.4 is 14.8 Å². The molecule has 0 radical (unpaired) electrons. The lowest BCUT2D eigenvalue weighted by Crippen LogP contribution is -2.33. The minimum atomic E-state index is -0.314. The lowest BCUT2D eigenvalue weighted by Gasteiger charge is -2.33. The molecule has 2 unspecified atom stereocenters. The minimum Gasteiger partial charge on any atom is -0.497 e. The third-order valence-electron chi connectivity index (χ3n) is 5.57. The van der Waals surface area contributed by atoms with Crippen LogP contribution in [0.4, 0.5) is 4.39 Å². The summed E-state index contributed by atoms with van der Waals surface area (Å²) < 4.78 is 25.0. The van der Waals surface area contributed by atoms with Crippen LogP contribution in [0.15, 0.2) is 36.4 Å². The van der Waals surface area contributed by atoms with E-state index in [-0.39, 0.29) is 18.0 Å². The van der Waals surface area contributed by atoms with Crippen LogP contribution in [-0.4, -0.2) is 13.2 Å². The van der Waals surface area contributed by atoms with Crippen LogP contribution in [0.3, 0.4) is 0 Å². The molecule has 0 aromatic heterocycles. The fourth-order valence-corrected chi connectivity index (χ4v) is 4.13. The average Bonchev–Trinajstić information content (AvgIpc) is 2.72. The third kappa shape index (κ3) is 6.10. The summed E-state index contributed by atoms with van der Waals surface area (Å²) in [7, 11) is 1.67. The van der Waals surface area contributed by atoms with Gasteiger partial charge in [0.15, 0.2) is 0 Å². The zero-order valence-corrected chi connectivity index (χ0v) is 18.1. The number of rotatable bonds is 10. The maximum atomic E-state index is 13.3. The average molecular weight is 420 g/mol. The van der Waals surface area contributed by atoms with Crippen molar-refractivity contribution in [3.05, 3.63) is 58.4 Å². The fraction of sp³-hybridized carbons (Fsp3) is 0.500. The Hall–Kier alpha value is -1.78. The molecular weight excluding hydrogens is 389 g/mol. The summed E-state index contributed by atoms with van der Waals surface area (Å²) in [5.41, 5.74) is 2.03. The first-order chi connectivity index (χ1) is 14.1. The topological polar surface area (TPSA) is 30.5 Å². The Labute approximate surface area is 178 Å². The van der Waals surface area contributed by atoms with Gasteiger partial charge in [-0.05, 0) is 36.6 Å². The van der Waals surface area contributed by atoms with Crippen LogP contribution in [0.25, 0.3) is 0 Å². The van der Waals surface area contributed by atoms with Gasteiger partial charge in [0.25, 0.3) is 0 Å². The number of nitrogens with one attached hydrogen (secondary N) is 1. The maximum Gasteiger partial charge on any atom is 0.128 e. The van der Waals surface area contributed by atoms with E-state index in [4.69, 9.17) is 21.1 Å². The number of methoxy groups -OCH3 is 1. The standard InChI is InChI=1S/C24H31ClFNO2/c1-3-4-5-6-7-8-20-14-23(21-12-11-19(28-2)15-24(21)29-20)27-16-17-9-10-18(26)13-22(17)25/h9-13,15,20,23,27H,3-8,14,16H2,1-2H3. The summed E-state index contributed by atoms with van der Waals surface area (Å²) in [5, 5.41) is 4.06. The first-order valence-electron chi connectivity index (χ1n) is 10.6. The van der Waals surface area contributed by atoms with Crippen molar-refractivity contribution in [2.24, 2.45) is 0 Å². The summed E-state index contributed by atoms with van der Waals surface area (Å²) in [5.74, 6) is 1.37. The van der Waals surface area contributed by atoms with E-state index in [2.05, 4.69) is 18.3 Å². The first kappa shape index (κ1) is 21.9. The molecule has 2 aromatic rings. The van der Waals surface area contributed by atoms with Gasteiger partial charge >= 0.3 is 0 Å². The van der Waals surface area contributed by atoms with Crippen molar-refractivity contribution in [1.82, 2.24) is 5.32 Å². The van der Waals surface area contributed by atoms with Crippen molar-refractivity contribution in [3.63, 3.8) is 0 Å². The monoisotopic (exact) mass is 419 g/mol. The number of halogens is 2. The number of hydrogen-bond acceptors (Lipinski definition) is 3. The summed E-state index contributed by atoms with van der Waals surface area (Å²) in [6, 6.07) is 10.7. The van der Waals surface area contributed by atoms with Gasteiger partial charge in [-0.25, -0.2) is 4.39 Å². The Morgan fingerprint density at radius 3 is 2.72 bits per heavy atom. The molecule has 1 heterocycles. The van der Waals surface area contributed by atoms with Crippen molar-refractivity contribution < 1.29 is 13.9 Å². The van der Waals surface area contributed by atoms with Crippen molar-refractivity contribution in [3.8, 4) is 11.5 Å². The van der Waals surface area contributed by atoms with Gasteiger partial charge in [-0.1, -0.05) is 56.3 Å². The van der Waals surface area contributed by atoms with E-state index >= 15 is 0 Å². The summed E-state index contributed by atoms with van der Waals surface area (Å²) in [6.07, 6.45) is 8.42. The lowest BCUT2D eigenvalue weighted by molar-refractivity contribution is 0.137. The highest BCUT2D eigenvalue weighted by atomic mass is 35.5. The van der Waals surface area contributed by atoms with Crippen LogP contribution in [0.2, 0.25) is 5.02 Å². The molecule has 0 amide bonds. The second-order valence-electron chi connectivity index (χ2n) is 7.75. The summed E-state index contributed by atoms with van der Waals surface area (Å²) in [4.78, 5) is 0. The van der Waals surface area contributed by atoms with E-state index in [1.807, 2.05) is 12.1 Å². The lowest BCUT2D eigenvalue weighted by atomic mass is 9.93. The molecule has 1 aliphatic rings. The zero-order valence-electron chi connectivity index (χ0n) is 17.3. The molecule has 3 nitrogen and oxygen atoms in total. The van der Waals surface area contributed by atoms with Gasteiger partial charge in [-0.2, -0.15) is 0 Å². The van der Waals surface area contributed by atoms with E-state index in [9.17, 15) is 4.39 Å². The largest absolute Gasteiger partial charge is 0.497 e. The number of fused-ring (bicyclic) bond motifs is 1. The SMILES string of the molecule is CCCCCCCC1CC(NCc2ccc(F)cc2Cl)c2ccc(OC)cc2O1.